The van der Waals surface area contributed by atoms with Crippen molar-refractivity contribution in [1.29, 1.82) is 0 Å². The van der Waals surface area contributed by atoms with Gasteiger partial charge in [0.15, 0.2) is 0 Å². The van der Waals surface area contributed by atoms with Gasteiger partial charge in [0.2, 0.25) is 5.91 Å². The minimum absolute atomic E-state index is 0. The molecule has 0 spiro atoms. The Labute approximate surface area is 121 Å². The Morgan fingerprint density at radius 1 is 1.47 bits per heavy atom. The normalized spacial score (nSPS) is 27.5. The van der Waals surface area contributed by atoms with Gasteiger partial charge in [-0.3, -0.25) is 4.79 Å². The average molecular weight is 321 g/mol. The van der Waals surface area contributed by atoms with E-state index in [1.165, 1.54) is 0 Å². The van der Waals surface area contributed by atoms with Crippen LogP contribution < -0.4 is 11.1 Å². The molecule has 0 bridgehead atoms. The highest BCUT2D eigenvalue weighted by molar-refractivity contribution is 8.00. The van der Waals surface area contributed by atoms with Crippen molar-refractivity contribution in [2.24, 2.45) is 11.7 Å². The lowest BCUT2D eigenvalue weighted by molar-refractivity contribution is -0.128. The summed E-state index contributed by atoms with van der Waals surface area (Å²) < 4.78 is 35.7. The van der Waals surface area contributed by atoms with E-state index in [4.69, 9.17) is 5.73 Å². The molecule has 0 radical (unpaired) electrons. The largest absolute Gasteiger partial charge is 0.441 e. The van der Waals surface area contributed by atoms with Gasteiger partial charge in [0.1, 0.15) is 0 Å². The number of alkyl halides is 3. The van der Waals surface area contributed by atoms with Gasteiger partial charge in [0.25, 0.3) is 0 Å². The molecule has 1 saturated carbocycles. The Hall–Kier alpha value is -0.140. The Morgan fingerprint density at radius 3 is 2.63 bits per heavy atom. The third-order valence-electron chi connectivity index (χ3n) is 3.24. The summed E-state index contributed by atoms with van der Waals surface area (Å²) >= 11 is -0.124. The molecule has 8 heteroatoms. The van der Waals surface area contributed by atoms with Gasteiger partial charge in [-0.25, -0.2) is 0 Å². The first-order chi connectivity index (χ1) is 8.22. The number of hydrogen-bond acceptors (Lipinski definition) is 3. The molecule has 2 atom stereocenters. The highest BCUT2D eigenvalue weighted by Gasteiger charge is 2.37. The summed E-state index contributed by atoms with van der Waals surface area (Å²) in [5.41, 5.74) is 1.27. The number of nitrogens with one attached hydrogen (secondary N) is 1. The Bertz CT molecular complexity index is 300. The quantitative estimate of drug-likeness (QED) is 0.783. The van der Waals surface area contributed by atoms with Crippen molar-refractivity contribution in [3.63, 3.8) is 0 Å². The lowest BCUT2D eigenvalue weighted by Gasteiger charge is -2.37. The number of carbonyl (C=O) groups excluding carboxylic acids is 1. The van der Waals surface area contributed by atoms with E-state index in [1.807, 2.05) is 6.92 Å². The van der Waals surface area contributed by atoms with Gasteiger partial charge in [0.05, 0.1) is 5.92 Å². The summed E-state index contributed by atoms with van der Waals surface area (Å²) in [5.74, 6) is -0.673. The molecule has 0 aromatic heterocycles. The molecule has 1 fully saturated rings. The summed E-state index contributed by atoms with van der Waals surface area (Å²) in [6.07, 6.45) is 3.44. The highest BCUT2D eigenvalue weighted by atomic mass is 35.5. The maximum atomic E-state index is 11.9. The molecule has 0 aliphatic heterocycles. The van der Waals surface area contributed by atoms with Crippen LogP contribution in [0.25, 0.3) is 0 Å². The molecule has 0 aromatic carbocycles. The van der Waals surface area contributed by atoms with Gasteiger partial charge in [0, 0.05) is 17.8 Å². The summed E-state index contributed by atoms with van der Waals surface area (Å²) in [6, 6.07) is 0. The van der Waals surface area contributed by atoms with E-state index in [9.17, 15) is 18.0 Å². The summed E-state index contributed by atoms with van der Waals surface area (Å²) in [6.45, 7) is 1.86. The topological polar surface area (TPSA) is 55.1 Å². The molecule has 3 nitrogen and oxygen atoms in total. The first-order valence-corrected chi connectivity index (χ1v) is 6.98. The fourth-order valence-electron chi connectivity index (χ4n) is 2.25. The van der Waals surface area contributed by atoms with Crippen LogP contribution in [0.1, 0.15) is 32.6 Å². The molecule has 1 amide bonds. The molecular formula is C11H20ClF3N2OS. The first kappa shape index (κ1) is 18.9. The number of hydrogen-bond donors (Lipinski definition) is 2. The van der Waals surface area contributed by atoms with Crippen molar-refractivity contribution < 1.29 is 18.0 Å². The second kappa shape index (κ2) is 7.59. The second-order valence-electron chi connectivity index (χ2n) is 4.89. The maximum absolute atomic E-state index is 11.9. The van der Waals surface area contributed by atoms with E-state index < -0.39 is 11.0 Å². The molecule has 0 heterocycles. The van der Waals surface area contributed by atoms with Crippen molar-refractivity contribution in [1.82, 2.24) is 5.32 Å². The van der Waals surface area contributed by atoms with Gasteiger partial charge in [-0.05, 0) is 31.5 Å². The second-order valence-corrected chi connectivity index (χ2v) is 6.05. The number of amides is 1. The Balaban J connectivity index is 0.00000324. The number of thioether (sulfide) groups is 1. The summed E-state index contributed by atoms with van der Waals surface area (Å²) in [7, 11) is 0. The van der Waals surface area contributed by atoms with E-state index in [0.717, 1.165) is 19.3 Å². The fraction of sp³-hybridized carbons (Fsp3) is 0.909. The number of nitrogens with two attached hydrogens (primary N) is 1. The fourth-order valence-corrected chi connectivity index (χ4v) is 2.69. The van der Waals surface area contributed by atoms with E-state index >= 15 is 0 Å². The van der Waals surface area contributed by atoms with Crippen molar-refractivity contribution in [2.75, 3.05) is 12.3 Å². The van der Waals surface area contributed by atoms with Crippen molar-refractivity contribution in [3.05, 3.63) is 0 Å². The van der Waals surface area contributed by atoms with Gasteiger partial charge < -0.3 is 11.1 Å². The van der Waals surface area contributed by atoms with Crippen molar-refractivity contribution >= 4 is 30.1 Å². The summed E-state index contributed by atoms with van der Waals surface area (Å²) in [4.78, 5) is 11.9. The lowest BCUT2D eigenvalue weighted by atomic mass is 9.74. The van der Waals surface area contributed by atoms with E-state index in [1.54, 1.807) is 0 Å². The molecule has 3 N–H and O–H groups in total. The van der Waals surface area contributed by atoms with Crippen LogP contribution in [-0.4, -0.2) is 29.3 Å². The van der Waals surface area contributed by atoms with Crippen LogP contribution >= 0.6 is 24.2 Å². The van der Waals surface area contributed by atoms with Crippen LogP contribution in [0.15, 0.2) is 0 Å². The maximum Gasteiger partial charge on any atom is 0.441 e. The Morgan fingerprint density at radius 2 is 2.11 bits per heavy atom. The number of rotatable bonds is 4. The molecule has 114 valence electrons. The van der Waals surface area contributed by atoms with Gasteiger partial charge >= 0.3 is 5.51 Å². The molecule has 0 aromatic rings. The van der Waals surface area contributed by atoms with Crippen molar-refractivity contribution in [3.8, 4) is 0 Å². The zero-order chi connectivity index (χ0) is 13.8. The lowest BCUT2D eigenvalue weighted by Crippen LogP contribution is -2.53. The Kier molecular flexibility index (Phi) is 7.54. The third kappa shape index (κ3) is 6.72. The highest BCUT2D eigenvalue weighted by Crippen LogP contribution is 2.32. The van der Waals surface area contributed by atoms with Gasteiger partial charge in [-0.2, -0.15) is 13.2 Å². The van der Waals surface area contributed by atoms with Crippen LogP contribution in [0.3, 0.4) is 0 Å². The third-order valence-corrected chi connectivity index (χ3v) is 3.97. The average Bonchev–Trinajstić information content (AvgIpc) is 2.22. The predicted molar refractivity (Wildman–Crippen MR) is 73.3 cm³/mol. The minimum atomic E-state index is -4.24. The standard InChI is InChI=1S/C11H19F3N2OS.ClH/c1-10(15)5-3-2-4-8(10)9(17)16-6-7-18-11(12,13)14;/h8H,2-7,15H2,1H3,(H,16,17);1H. The van der Waals surface area contributed by atoms with Crippen LogP contribution in [-0.2, 0) is 4.79 Å². The molecule has 0 saturated heterocycles. The smallest absolute Gasteiger partial charge is 0.355 e. The summed E-state index contributed by atoms with van der Waals surface area (Å²) in [5, 5.41) is 2.54. The van der Waals surface area contributed by atoms with Crippen LogP contribution in [0.2, 0.25) is 0 Å². The number of halogens is 4. The van der Waals surface area contributed by atoms with Crippen LogP contribution in [0.5, 0.6) is 0 Å². The molecular weight excluding hydrogens is 301 g/mol. The van der Waals surface area contributed by atoms with Crippen LogP contribution in [0.4, 0.5) is 13.2 Å². The minimum Gasteiger partial charge on any atom is -0.355 e. The molecule has 1 rings (SSSR count). The molecule has 1 aliphatic carbocycles. The van der Waals surface area contributed by atoms with E-state index in [0.29, 0.717) is 6.42 Å². The zero-order valence-corrected chi connectivity index (χ0v) is 12.4. The van der Waals surface area contributed by atoms with E-state index in [2.05, 4.69) is 5.32 Å². The SMILES string of the molecule is CC1(N)CCCCC1C(=O)NCCSC(F)(F)F.Cl. The molecule has 19 heavy (non-hydrogen) atoms. The van der Waals surface area contributed by atoms with Gasteiger partial charge in [-0.1, -0.05) is 12.8 Å². The zero-order valence-electron chi connectivity index (χ0n) is 10.8. The molecule has 1 aliphatic rings. The number of carbonyl (C=O) groups is 1. The van der Waals surface area contributed by atoms with Crippen LogP contribution in [0, 0.1) is 5.92 Å². The first-order valence-electron chi connectivity index (χ1n) is 6.00. The molecule has 2 unspecified atom stereocenters. The predicted octanol–water partition coefficient (Wildman–Crippen LogP) is 2.69. The monoisotopic (exact) mass is 320 g/mol. The van der Waals surface area contributed by atoms with Gasteiger partial charge in [-0.15, -0.1) is 12.4 Å². The van der Waals surface area contributed by atoms with E-state index in [-0.39, 0.29) is 48.3 Å². The van der Waals surface area contributed by atoms with Crippen molar-refractivity contribution in [2.45, 2.75) is 43.7 Å².